The number of rotatable bonds is 5. The molecule has 1 N–H and O–H groups in total. The normalized spacial score (nSPS) is 30.2. The van der Waals surface area contributed by atoms with Crippen LogP contribution in [0.25, 0.3) is 0 Å². The van der Waals surface area contributed by atoms with Crippen molar-refractivity contribution in [2.75, 3.05) is 13.2 Å². The highest BCUT2D eigenvalue weighted by atomic mass is 16.7. The van der Waals surface area contributed by atoms with Crippen LogP contribution in [0.3, 0.4) is 0 Å². The Hall–Kier alpha value is -0.610. The van der Waals surface area contributed by atoms with Crippen molar-refractivity contribution < 1.29 is 19.4 Å². The van der Waals surface area contributed by atoms with Gasteiger partial charge in [-0.25, -0.2) is 0 Å². The van der Waals surface area contributed by atoms with Crippen LogP contribution < -0.4 is 0 Å². The first kappa shape index (κ1) is 13.8. The van der Waals surface area contributed by atoms with Crippen LogP contribution in [-0.2, 0) is 14.3 Å². The highest BCUT2D eigenvalue weighted by Crippen LogP contribution is 2.33. The molecule has 104 valence electrons. The second-order valence-electron chi connectivity index (χ2n) is 5.59. The molecule has 1 saturated heterocycles. The van der Waals surface area contributed by atoms with Crippen molar-refractivity contribution in [1.82, 2.24) is 0 Å². The molecular weight excluding hydrogens is 232 g/mol. The number of carbonyl (C=O) groups is 1. The van der Waals surface area contributed by atoms with E-state index in [1.165, 1.54) is 12.8 Å². The molecule has 1 aliphatic heterocycles. The molecule has 0 radical (unpaired) electrons. The number of carboxylic acid groups (broad SMARTS) is 1. The molecule has 18 heavy (non-hydrogen) atoms. The van der Waals surface area contributed by atoms with Crippen LogP contribution in [0.15, 0.2) is 0 Å². The quantitative estimate of drug-likeness (QED) is 0.821. The molecule has 2 fully saturated rings. The monoisotopic (exact) mass is 256 g/mol. The van der Waals surface area contributed by atoms with E-state index in [0.717, 1.165) is 51.2 Å². The minimum absolute atomic E-state index is 0.00972. The fourth-order valence-corrected chi connectivity index (χ4v) is 3.05. The van der Waals surface area contributed by atoms with Crippen LogP contribution in [-0.4, -0.2) is 30.6 Å². The van der Waals surface area contributed by atoms with E-state index >= 15 is 0 Å². The maximum atomic E-state index is 10.6. The average molecular weight is 256 g/mol. The summed E-state index contributed by atoms with van der Waals surface area (Å²) in [5, 5.41) is 8.77. The van der Waals surface area contributed by atoms with E-state index in [1.807, 2.05) is 0 Å². The van der Waals surface area contributed by atoms with E-state index < -0.39 is 5.97 Å². The Morgan fingerprint density at radius 3 is 2.22 bits per heavy atom. The van der Waals surface area contributed by atoms with Gasteiger partial charge in [0, 0.05) is 6.42 Å². The van der Waals surface area contributed by atoms with Crippen molar-refractivity contribution in [3.63, 3.8) is 0 Å². The molecule has 2 rings (SSSR count). The lowest BCUT2D eigenvalue weighted by molar-refractivity contribution is -0.182. The third-order valence-electron chi connectivity index (χ3n) is 4.14. The van der Waals surface area contributed by atoms with Gasteiger partial charge in [-0.05, 0) is 43.9 Å². The van der Waals surface area contributed by atoms with Gasteiger partial charge in [-0.2, -0.15) is 0 Å². The second-order valence-corrected chi connectivity index (χ2v) is 5.59. The maximum Gasteiger partial charge on any atom is 0.303 e. The van der Waals surface area contributed by atoms with Crippen molar-refractivity contribution in [3.8, 4) is 0 Å². The molecule has 1 saturated carbocycles. The molecule has 1 heterocycles. The van der Waals surface area contributed by atoms with Crippen molar-refractivity contribution in [3.05, 3.63) is 0 Å². The lowest BCUT2D eigenvalue weighted by Gasteiger charge is -2.29. The van der Waals surface area contributed by atoms with Crippen molar-refractivity contribution in [2.24, 2.45) is 11.8 Å². The van der Waals surface area contributed by atoms with Gasteiger partial charge in [-0.1, -0.05) is 12.8 Å². The van der Waals surface area contributed by atoms with E-state index in [9.17, 15) is 4.79 Å². The fourth-order valence-electron chi connectivity index (χ4n) is 3.05. The molecule has 0 aromatic rings. The second kappa shape index (κ2) is 7.10. The Bertz CT molecular complexity index is 253. The van der Waals surface area contributed by atoms with E-state index in [2.05, 4.69) is 0 Å². The zero-order chi connectivity index (χ0) is 12.8. The van der Waals surface area contributed by atoms with Crippen LogP contribution in [0, 0.1) is 11.8 Å². The average Bonchev–Trinajstić information content (AvgIpc) is 2.38. The van der Waals surface area contributed by atoms with E-state index in [4.69, 9.17) is 14.6 Å². The first-order chi connectivity index (χ1) is 8.74. The Morgan fingerprint density at radius 1 is 1.00 bits per heavy atom. The molecule has 0 unspecified atom stereocenters. The molecule has 0 aromatic carbocycles. The van der Waals surface area contributed by atoms with Gasteiger partial charge < -0.3 is 14.6 Å². The maximum absolute atomic E-state index is 10.6. The fraction of sp³-hybridized carbons (Fsp3) is 0.929. The summed E-state index contributed by atoms with van der Waals surface area (Å²) >= 11 is 0. The molecule has 0 atom stereocenters. The van der Waals surface area contributed by atoms with Gasteiger partial charge in [0.25, 0.3) is 0 Å². The Morgan fingerprint density at radius 2 is 1.61 bits per heavy atom. The van der Waals surface area contributed by atoms with Crippen LogP contribution in [0.1, 0.15) is 51.4 Å². The molecular formula is C14H24O4. The van der Waals surface area contributed by atoms with E-state index in [-0.39, 0.29) is 6.29 Å². The molecule has 1 aliphatic carbocycles. The molecule has 2 aliphatic rings. The summed E-state index contributed by atoms with van der Waals surface area (Å²) in [5.41, 5.74) is 0. The van der Waals surface area contributed by atoms with Gasteiger partial charge in [0.2, 0.25) is 0 Å². The first-order valence-electron chi connectivity index (χ1n) is 7.19. The zero-order valence-electron chi connectivity index (χ0n) is 11.0. The van der Waals surface area contributed by atoms with Crippen LogP contribution >= 0.6 is 0 Å². The predicted molar refractivity (Wildman–Crippen MR) is 67.2 cm³/mol. The third kappa shape index (κ3) is 4.58. The summed E-state index contributed by atoms with van der Waals surface area (Å²) in [6, 6.07) is 0. The Labute approximate surface area is 109 Å². The number of aliphatic carboxylic acids is 1. The smallest absolute Gasteiger partial charge is 0.303 e. The van der Waals surface area contributed by atoms with Gasteiger partial charge in [-0.3, -0.25) is 4.79 Å². The summed E-state index contributed by atoms with van der Waals surface area (Å²) in [6.07, 6.45) is 8.01. The number of hydrogen-bond acceptors (Lipinski definition) is 3. The number of carboxylic acids is 1. The van der Waals surface area contributed by atoms with Crippen molar-refractivity contribution >= 4 is 5.97 Å². The third-order valence-corrected chi connectivity index (χ3v) is 4.14. The lowest BCUT2D eigenvalue weighted by Crippen LogP contribution is -2.26. The molecule has 0 spiro atoms. The number of ether oxygens (including phenoxy) is 2. The highest BCUT2D eigenvalue weighted by molar-refractivity contribution is 5.67. The van der Waals surface area contributed by atoms with E-state index in [0.29, 0.717) is 12.3 Å². The van der Waals surface area contributed by atoms with Crippen LogP contribution in [0.2, 0.25) is 0 Å². The first-order valence-corrected chi connectivity index (χ1v) is 7.19. The summed E-state index contributed by atoms with van der Waals surface area (Å²) in [6.45, 7) is 1.66. The molecule has 0 aromatic heterocycles. The van der Waals surface area contributed by atoms with Gasteiger partial charge in [0.15, 0.2) is 6.29 Å². The summed E-state index contributed by atoms with van der Waals surface area (Å²) < 4.78 is 11.1. The topological polar surface area (TPSA) is 55.8 Å². The van der Waals surface area contributed by atoms with Gasteiger partial charge >= 0.3 is 5.97 Å². The van der Waals surface area contributed by atoms with Gasteiger partial charge in [0.05, 0.1) is 13.2 Å². The molecule has 4 nitrogen and oxygen atoms in total. The highest BCUT2D eigenvalue weighted by Gasteiger charge is 2.24. The summed E-state index contributed by atoms with van der Waals surface area (Å²) in [5.74, 6) is 0.493. The lowest BCUT2D eigenvalue weighted by atomic mass is 9.79. The molecule has 0 bridgehead atoms. The van der Waals surface area contributed by atoms with Gasteiger partial charge in [0.1, 0.15) is 0 Å². The van der Waals surface area contributed by atoms with Crippen LogP contribution in [0.4, 0.5) is 0 Å². The van der Waals surface area contributed by atoms with E-state index in [1.54, 1.807) is 0 Å². The predicted octanol–water partition coefficient (Wildman–Crippen LogP) is 2.81. The van der Waals surface area contributed by atoms with Crippen molar-refractivity contribution in [2.45, 2.75) is 57.7 Å². The minimum Gasteiger partial charge on any atom is -0.481 e. The summed E-state index contributed by atoms with van der Waals surface area (Å²) in [4.78, 5) is 10.6. The standard InChI is InChI=1S/C14H24O4/c15-13(16)10-12-4-2-11(3-5-12)6-7-14-17-8-1-9-18-14/h11-12,14H,1-10H2,(H,15,16). The summed E-state index contributed by atoms with van der Waals surface area (Å²) in [7, 11) is 0. The van der Waals surface area contributed by atoms with Crippen LogP contribution in [0.5, 0.6) is 0 Å². The zero-order valence-corrected chi connectivity index (χ0v) is 11.0. The molecule has 4 heteroatoms. The SMILES string of the molecule is O=C(O)CC1CCC(CCC2OCCCO2)CC1. The molecule has 0 amide bonds. The largest absolute Gasteiger partial charge is 0.481 e. The van der Waals surface area contributed by atoms with Gasteiger partial charge in [-0.15, -0.1) is 0 Å². The Balaban J connectivity index is 1.59. The minimum atomic E-state index is -0.651. The number of hydrogen-bond donors (Lipinski definition) is 1. The van der Waals surface area contributed by atoms with Crippen molar-refractivity contribution in [1.29, 1.82) is 0 Å². The Kier molecular flexibility index (Phi) is 5.45.